The second-order valence-corrected chi connectivity index (χ2v) is 5.64. The summed E-state index contributed by atoms with van der Waals surface area (Å²) in [5.74, 6) is 0.249. The molecule has 0 aliphatic carbocycles. The van der Waals surface area contributed by atoms with Gasteiger partial charge in [-0.3, -0.25) is 9.59 Å². The molecule has 0 heterocycles. The highest BCUT2D eigenvalue weighted by atomic mass is 16.5. The summed E-state index contributed by atoms with van der Waals surface area (Å²) in [6.45, 7) is 6.09. The lowest BCUT2D eigenvalue weighted by molar-refractivity contribution is -0.118. The number of nitrogens with one attached hydrogen (secondary N) is 2. The van der Waals surface area contributed by atoms with Crippen molar-refractivity contribution in [2.45, 2.75) is 20.8 Å². The Hall–Kier alpha value is -2.82. The second kappa shape index (κ2) is 8.15. The van der Waals surface area contributed by atoms with Crippen LogP contribution in [0, 0.1) is 5.92 Å². The molecule has 126 valence electrons. The van der Waals surface area contributed by atoms with E-state index in [0.717, 1.165) is 0 Å². The molecule has 2 aromatic carbocycles. The molecule has 0 aliphatic rings. The number of anilines is 2. The zero-order valence-corrected chi connectivity index (χ0v) is 14.1. The minimum atomic E-state index is -0.233. The Labute approximate surface area is 142 Å². The summed E-state index contributed by atoms with van der Waals surface area (Å²) < 4.78 is 5.40. The van der Waals surface area contributed by atoms with Crippen LogP contribution in [-0.4, -0.2) is 18.4 Å². The van der Waals surface area contributed by atoms with Crippen LogP contribution in [0.5, 0.6) is 5.75 Å². The molecule has 0 radical (unpaired) electrons. The predicted molar refractivity (Wildman–Crippen MR) is 95.5 cm³/mol. The summed E-state index contributed by atoms with van der Waals surface area (Å²) >= 11 is 0. The van der Waals surface area contributed by atoms with Crippen LogP contribution in [0.25, 0.3) is 0 Å². The smallest absolute Gasteiger partial charge is 0.255 e. The van der Waals surface area contributed by atoms with Gasteiger partial charge in [0.2, 0.25) is 5.91 Å². The van der Waals surface area contributed by atoms with Gasteiger partial charge in [0.1, 0.15) is 5.75 Å². The van der Waals surface area contributed by atoms with Crippen molar-refractivity contribution in [2.24, 2.45) is 5.92 Å². The molecule has 24 heavy (non-hydrogen) atoms. The highest BCUT2D eigenvalue weighted by Crippen LogP contribution is 2.18. The molecule has 0 aromatic heterocycles. The Kier molecular flexibility index (Phi) is 5.95. The molecule has 0 fully saturated rings. The highest BCUT2D eigenvalue weighted by Gasteiger charge is 2.10. The Morgan fingerprint density at radius 2 is 1.67 bits per heavy atom. The van der Waals surface area contributed by atoms with Gasteiger partial charge < -0.3 is 15.4 Å². The number of carbonyl (C=O) groups is 2. The lowest BCUT2D eigenvalue weighted by Crippen LogP contribution is -2.18. The average Bonchev–Trinajstić information content (AvgIpc) is 2.55. The van der Waals surface area contributed by atoms with Crippen LogP contribution < -0.4 is 15.4 Å². The molecule has 0 bridgehead atoms. The molecular weight excluding hydrogens is 304 g/mol. The lowest BCUT2D eigenvalue weighted by atomic mass is 10.2. The van der Waals surface area contributed by atoms with Crippen molar-refractivity contribution in [3.8, 4) is 5.75 Å². The van der Waals surface area contributed by atoms with Crippen molar-refractivity contribution in [3.63, 3.8) is 0 Å². The third kappa shape index (κ3) is 4.84. The van der Waals surface area contributed by atoms with Crippen LogP contribution in [0.3, 0.4) is 0 Å². The quantitative estimate of drug-likeness (QED) is 0.845. The molecule has 0 saturated carbocycles. The van der Waals surface area contributed by atoms with Crippen molar-refractivity contribution in [1.82, 2.24) is 0 Å². The summed E-state index contributed by atoms with van der Waals surface area (Å²) in [7, 11) is 0. The Morgan fingerprint density at radius 3 is 2.33 bits per heavy atom. The Morgan fingerprint density at radius 1 is 1.00 bits per heavy atom. The van der Waals surface area contributed by atoms with E-state index in [0.29, 0.717) is 29.3 Å². The third-order valence-corrected chi connectivity index (χ3v) is 3.32. The number of hydrogen-bond acceptors (Lipinski definition) is 3. The van der Waals surface area contributed by atoms with Gasteiger partial charge in [-0.25, -0.2) is 0 Å². The maximum atomic E-state index is 12.4. The molecule has 2 amide bonds. The molecule has 0 aliphatic heterocycles. The second-order valence-electron chi connectivity index (χ2n) is 5.64. The van der Waals surface area contributed by atoms with E-state index >= 15 is 0 Å². The maximum absolute atomic E-state index is 12.4. The SMILES string of the molecule is CCOc1cccc(C(=O)Nc2cccc(NC(=O)C(C)C)c2)c1. The largest absolute Gasteiger partial charge is 0.494 e. The minimum absolute atomic E-state index is 0.0668. The first-order valence-electron chi connectivity index (χ1n) is 7.94. The Bertz CT molecular complexity index is 726. The fraction of sp³-hybridized carbons (Fsp3) is 0.263. The highest BCUT2D eigenvalue weighted by molar-refractivity contribution is 6.05. The Balaban J connectivity index is 2.09. The van der Waals surface area contributed by atoms with Crippen molar-refractivity contribution < 1.29 is 14.3 Å². The fourth-order valence-electron chi connectivity index (χ4n) is 2.06. The van der Waals surface area contributed by atoms with E-state index in [2.05, 4.69) is 10.6 Å². The first kappa shape index (κ1) is 17.5. The van der Waals surface area contributed by atoms with Crippen LogP contribution in [0.15, 0.2) is 48.5 Å². The predicted octanol–water partition coefficient (Wildman–Crippen LogP) is 3.93. The summed E-state index contributed by atoms with van der Waals surface area (Å²) in [5, 5.41) is 5.63. The number of ether oxygens (including phenoxy) is 1. The first-order chi connectivity index (χ1) is 11.5. The number of hydrogen-bond donors (Lipinski definition) is 2. The molecule has 0 atom stereocenters. The van der Waals surface area contributed by atoms with E-state index in [4.69, 9.17) is 4.74 Å². The minimum Gasteiger partial charge on any atom is -0.494 e. The normalized spacial score (nSPS) is 10.3. The van der Waals surface area contributed by atoms with Crippen molar-refractivity contribution in [2.75, 3.05) is 17.2 Å². The number of carbonyl (C=O) groups excluding carboxylic acids is 2. The summed E-state index contributed by atoms with van der Waals surface area (Å²) in [4.78, 5) is 24.1. The molecule has 0 saturated heterocycles. The van der Waals surface area contributed by atoms with Crippen LogP contribution in [-0.2, 0) is 4.79 Å². The number of benzene rings is 2. The van der Waals surface area contributed by atoms with Crippen molar-refractivity contribution in [3.05, 3.63) is 54.1 Å². The van der Waals surface area contributed by atoms with Crippen LogP contribution >= 0.6 is 0 Å². The molecule has 2 aromatic rings. The van der Waals surface area contributed by atoms with E-state index in [1.807, 2.05) is 26.8 Å². The standard InChI is InChI=1S/C19H22N2O3/c1-4-24-17-10-5-7-14(11-17)19(23)21-16-9-6-8-15(12-16)20-18(22)13(2)3/h5-13H,4H2,1-3H3,(H,20,22)(H,21,23). The van der Waals surface area contributed by atoms with Crippen molar-refractivity contribution >= 4 is 23.2 Å². The van der Waals surface area contributed by atoms with E-state index in [1.54, 1.807) is 42.5 Å². The first-order valence-corrected chi connectivity index (χ1v) is 7.94. The van der Waals surface area contributed by atoms with Gasteiger partial charge >= 0.3 is 0 Å². The van der Waals surface area contributed by atoms with Gasteiger partial charge in [0.05, 0.1) is 6.61 Å². The third-order valence-electron chi connectivity index (χ3n) is 3.32. The number of rotatable bonds is 6. The fourth-order valence-corrected chi connectivity index (χ4v) is 2.06. The lowest BCUT2D eigenvalue weighted by Gasteiger charge is -2.11. The monoisotopic (exact) mass is 326 g/mol. The van der Waals surface area contributed by atoms with E-state index in [-0.39, 0.29) is 17.7 Å². The number of amides is 2. The zero-order valence-electron chi connectivity index (χ0n) is 14.1. The zero-order chi connectivity index (χ0) is 17.5. The van der Waals surface area contributed by atoms with Crippen LogP contribution in [0.1, 0.15) is 31.1 Å². The molecule has 2 N–H and O–H groups in total. The molecule has 2 rings (SSSR count). The van der Waals surface area contributed by atoms with Crippen molar-refractivity contribution in [1.29, 1.82) is 0 Å². The summed E-state index contributed by atoms with van der Waals surface area (Å²) in [5.41, 5.74) is 1.77. The van der Waals surface area contributed by atoms with Crippen LogP contribution in [0.2, 0.25) is 0 Å². The van der Waals surface area contributed by atoms with Gasteiger partial charge in [0, 0.05) is 22.9 Å². The van der Waals surface area contributed by atoms with Gasteiger partial charge in [-0.1, -0.05) is 26.0 Å². The van der Waals surface area contributed by atoms with E-state index < -0.39 is 0 Å². The van der Waals surface area contributed by atoms with E-state index in [1.165, 1.54) is 0 Å². The maximum Gasteiger partial charge on any atom is 0.255 e. The van der Waals surface area contributed by atoms with Gasteiger partial charge in [0.15, 0.2) is 0 Å². The average molecular weight is 326 g/mol. The van der Waals surface area contributed by atoms with Crippen LogP contribution in [0.4, 0.5) is 11.4 Å². The van der Waals surface area contributed by atoms with E-state index in [9.17, 15) is 9.59 Å². The molecule has 5 nitrogen and oxygen atoms in total. The van der Waals surface area contributed by atoms with Gasteiger partial charge in [-0.15, -0.1) is 0 Å². The molecule has 0 unspecified atom stereocenters. The van der Waals surface area contributed by atoms with Gasteiger partial charge in [-0.2, -0.15) is 0 Å². The van der Waals surface area contributed by atoms with Gasteiger partial charge in [-0.05, 0) is 43.3 Å². The molecule has 0 spiro atoms. The summed E-state index contributed by atoms with van der Waals surface area (Å²) in [6.07, 6.45) is 0. The van der Waals surface area contributed by atoms with Gasteiger partial charge in [0.25, 0.3) is 5.91 Å². The summed E-state index contributed by atoms with van der Waals surface area (Å²) in [6, 6.07) is 14.1. The topological polar surface area (TPSA) is 67.4 Å². The molecular formula is C19H22N2O3. The molecule has 5 heteroatoms.